The van der Waals surface area contributed by atoms with Gasteiger partial charge >= 0.3 is 5.97 Å². The van der Waals surface area contributed by atoms with Gasteiger partial charge in [-0.2, -0.15) is 0 Å². The van der Waals surface area contributed by atoms with Gasteiger partial charge in [0.05, 0.1) is 7.11 Å². The van der Waals surface area contributed by atoms with Gasteiger partial charge in [-0.1, -0.05) is 77.7 Å². The average molecular weight is 563 g/mol. The van der Waals surface area contributed by atoms with Crippen molar-refractivity contribution >= 4 is 12.0 Å². The Kier molecular flexibility index (Phi) is 8.98. The van der Waals surface area contributed by atoms with Gasteiger partial charge in [0, 0.05) is 6.42 Å². The van der Waals surface area contributed by atoms with E-state index in [4.69, 9.17) is 9.47 Å². The number of rotatable bonds is 10. The molecule has 1 N–H and O–H groups in total. The van der Waals surface area contributed by atoms with Gasteiger partial charge in [0.1, 0.15) is 11.9 Å². The topological polar surface area (TPSA) is 55.8 Å². The van der Waals surface area contributed by atoms with Crippen LogP contribution in [0.1, 0.15) is 111 Å². The van der Waals surface area contributed by atoms with Crippen molar-refractivity contribution in [1.82, 2.24) is 0 Å². The highest BCUT2D eigenvalue weighted by molar-refractivity contribution is 5.89. The third kappa shape index (κ3) is 6.00. The highest BCUT2D eigenvalue weighted by Crippen LogP contribution is 2.67. The minimum atomic E-state index is -1.01. The van der Waals surface area contributed by atoms with Crippen molar-refractivity contribution in [1.29, 1.82) is 0 Å². The Labute approximate surface area is 249 Å². The van der Waals surface area contributed by atoms with Crippen LogP contribution < -0.4 is 4.74 Å². The van der Waals surface area contributed by atoms with Crippen LogP contribution in [0.3, 0.4) is 0 Å². The van der Waals surface area contributed by atoms with Crippen LogP contribution in [0.15, 0.2) is 41.7 Å². The van der Waals surface area contributed by atoms with Crippen LogP contribution in [-0.4, -0.2) is 24.3 Å². The number of aliphatic carboxylic acids is 1. The molecule has 4 nitrogen and oxygen atoms in total. The minimum absolute atomic E-state index is 0.0333. The van der Waals surface area contributed by atoms with Gasteiger partial charge in [-0.25, -0.2) is 4.79 Å². The lowest BCUT2D eigenvalue weighted by atomic mass is 9.47. The van der Waals surface area contributed by atoms with Crippen molar-refractivity contribution in [2.75, 3.05) is 7.11 Å². The lowest BCUT2D eigenvalue weighted by Gasteiger charge is -2.58. The molecule has 4 heteroatoms. The van der Waals surface area contributed by atoms with E-state index in [2.05, 4.69) is 40.7 Å². The molecule has 226 valence electrons. The number of benzene rings is 1. The maximum absolute atomic E-state index is 12.1. The van der Waals surface area contributed by atoms with Gasteiger partial charge in [0.2, 0.25) is 5.76 Å². The third-order valence-electron chi connectivity index (χ3n) is 12.2. The van der Waals surface area contributed by atoms with Gasteiger partial charge in [-0.3, -0.25) is 0 Å². The first kappa shape index (κ1) is 30.2. The van der Waals surface area contributed by atoms with E-state index >= 15 is 0 Å². The van der Waals surface area contributed by atoms with E-state index in [1.54, 1.807) is 13.2 Å². The zero-order valence-electron chi connectivity index (χ0n) is 26.5. The molecule has 41 heavy (non-hydrogen) atoms. The van der Waals surface area contributed by atoms with Crippen LogP contribution in [0.5, 0.6) is 5.75 Å². The fraction of sp³-hybridized carbons (Fsp3) is 0.703. The Hall–Kier alpha value is -2.23. The molecule has 1 aromatic rings. The number of hydrogen-bond donors (Lipinski definition) is 1. The van der Waals surface area contributed by atoms with Crippen LogP contribution in [0.4, 0.5) is 0 Å². The molecule has 0 aliphatic heterocycles. The molecule has 0 bridgehead atoms. The molecular weight excluding hydrogens is 508 g/mol. The lowest BCUT2D eigenvalue weighted by Crippen LogP contribution is -2.51. The monoisotopic (exact) mass is 562 g/mol. The van der Waals surface area contributed by atoms with Crippen LogP contribution in [-0.2, 0) is 9.53 Å². The predicted octanol–water partition coefficient (Wildman–Crippen LogP) is 9.55. The van der Waals surface area contributed by atoms with Gasteiger partial charge < -0.3 is 14.6 Å². The molecule has 0 spiro atoms. The number of hydrogen-bond acceptors (Lipinski definition) is 3. The number of fused-ring (bicyclic) bond motifs is 5. The first-order valence-corrected chi connectivity index (χ1v) is 16.5. The van der Waals surface area contributed by atoms with E-state index in [0.717, 1.165) is 66.1 Å². The molecule has 0 radical (unpaired) electrons. The molecule has 1 aromatic carbocycles. The second kappa shape index (κ2) is 12.2. The molecule has 5 rings (SSSR count). The predicted molar refractivity (Wildman–Crippen MR) is 167 cm³/mol. The highest BCUT2D eigenvalue weighted by Gasteiger charge is 2.59. The van der Waals surface area contributed by atoms with Gasteiger partial charge in [-0.05, 0) is 115 Å². The molecule has 3 saturated carbocycles. The number of carbonyl (C=O) groups is 1. The second-order valence-corrected chi connectivity index (χ2v) is 14.9. The Morgan fingerprint density at radius 3 is 2.46 bits per heavy atom. The summed E-state index contributed by atoms with van der Waals surface area (Å²) in [6, 6.07) is 7.42. The number of ether oxygens (including phenoxy) is 2. The maximum Gasteiger partial charge on any atom is 0.371 e. The number of allylic oxidation sites excluding steroid dienone is 1. The quantitative estimate of drug-likeness (QED) is 0.175. The largest absolute Gasteiger partial charge is 0.497 e. The molecule has 0 amide bonds. The van der Waals surface area contributed by atoms with E-state index in [0.29, 0.717) is 5.41 Å². The molecule has 3 fully saturated rings. The summed E-state index contributed by atoms with van der Waals surface area (Å²) in [5.41, 5.74) is 3.07. The summed E-state index contributed by atoms with van der Waals surface area (Å²) in [6.45, 7) is 12.5. The zero-order valence-corrected chi connectivity index (χ0v) is 26.5. The number of carboxylic acid groups (broad SMARTS) is 1. The van der Waals surface area contributed by atoms with Gasteiger partial charge in [0.25, 0.3) is 0 Å². The SMILES string of the molecule is COc1ccc(/C=C(/OC2CC[C@@]3(C)C(=CC[C@H]4[C@@H]5CC[C@H]([C@H](C)CCCC(C)C)[C@@]5(C)CC[C@@H]43)C2)C(=O)O)cc1. The van der Waals surface area contributed by atoms with Crippen molar-refractivity contribution in [3.63, 3.8) is 0 Å². The minimum Gasteiger partial charge on any atom is -0.497 e. The summed E-state index contributed by atoms with van der Waals surface area (Å²) in [7, 11) is 1.63. The van der Waals surface area contributed by atoms with Crippen molar-refractivity contribution in [2.24, 2.45) is 46.3 Å². The Bertz CT molecular complexity index is 1130. The van der Waals surface area contributed by atoms with E-state index in [-0.39, 0.29) is 17.3 Å². The normalized spacial score (nSPS) is 35.6. The van der Waals surface area contributed by atoms with E-state index < -0.39 is 5.97 Å². The van der Waals surface area contributed by atoms with E-state index in [1.165, 1.54) is 56.9 Å². The van der Waals surface area contributed by atoms with Crippen molar-refractivity contribution in [2.45, 2.75) is 111 Å². The van der Waals surface area contributed by atoms with Crippen molar-refractivity contribution in [3.05, 3.63) is 47.2 Å². The second-order valence-electron chi connectivity index (χ2n) is 14.9. The van der Waals surface area contributed by atoms with E-state index in [1.807, 2.05) is 24.3 Å². The molecule has 0 heterocycles. The van der Waals surface area contributed by atoms with Crippen LogP contribution >= 0.6 is 0 Å². The first-order chi connectivity index (χ1) is 19.5. The molecule has 4 aliphatic carbocycles. The molecule has 8 atom stereocenters. The molecule has 0 aromatic heterocycles. The molecule has 0 saturated heterocycles. The highest BCUT2D eigenvalue weighted by atomic mass is 16.5. The summed E-state index contributed by atoms with van der Waals surface area (Å²) in [5, 5.41) is 9.91. The van der Waals surface area contributed by atoms with Crippen LogP contribution in [0.25, 0.3) is 6.08 Å². The molecule has 4 aliphatic rings. The lowest BCUT2D eigenvalue weighted by molar-refractivity contribution is -0.138. The van der Waals surface area contributed by atoms with Gasteiger partial charge in [0.15, 0.2) is 0 Å². The first-order valence-electron chi connectivity index (χ1n) is 16.5. The van der Waals surface area contributed by atoms with Crippen LogP contribution in [0.2, 0.25) is 0 Å². The third-order valence-corrected chi connectivity index (χ3v) is 12.2. The van der Waals surface area contributed by atoms with E-state index in [9.17, 15) is 9.90 Å². The van der Waals surface area contributed by atoms with Crippen molar-refractivity contribution < 1.29 is 19.4 Å². The molecule has 1 unspecified atom stereocenters. The summed E-state index contributed by atoms with van der Waals surface area (Å²) in [5.74, 6) is 4.73. The smallest absolute Gasteiger partial charge is 0.371 e. The zero-order chi connectivity index (χ0) is 29.4. The Morgan fingerprint density at radius 2 is 1.78 bits per heavy atom. The Balaban J connectivity index is 1.26. The Morgan fingerprint density at radius 1 is 1.02 bits per heavy atom. The van der Waals surface area contributed by atoms with Gasteiger partial charge in [-0.15, -0.1) is 0 Å². The number of carboxylic acids is 1. The van der Waals surface area contributed by atoms with Crippen LogP contribution in [0, 0.1) is 46.3 Å². The fourth-order valence-electron chi connectivity index (χ4n) is 9.93. The standard InChI is InChI=1S/C37H54O4/c1-24(2)8-7-9-25(3)31-16-17-32-30-15-12-27-23-29(18-20-36(27,4)33(30)19-21-37(31,32)5)41-34(35(38)39)22-26-10-13-28(40-6)14-11-26/h10-14,22,24-25,29-33H,7-9,15-21,23H2,1-6H3,(H,38,39)/b34-22+/t25-,29?,30+,31-,32+,33+,36+,37-/m1/s1. The summed E-state index contributed by atoms with van der Waals surface area (Å²) in [6.07, 6.45) is 17.9. The summed E-state index contributed by atoms with van der Waals surface area (Å²) < 4.78 is 11.4. The molecular formula is C37H54O4. The maximum atomic E-state index is 12.1. The summed E-state index contributed by atoms with van der Waals surface area (Å²) in [4.78, 5) is 12.1. The van der Waals surface area contributed by atoms with Crippen molar-refractivity contribution in [3.8, 4) is 5.75 Å². The number of methoxy groups -OCH3 is 1. The summed E-state index contributed by atoms with van der Waals surface area (Å²) >= 11 is 0. The fourth-order valence-corrected chi connectivity index (χ4v) is 9.93. The average Bonchev–Trinajstić information content (AvgIpc) is 3.30.